The fraction of sp³-hybridized carbons (Fsp3) is 0.0556. The van der Waals surface area contributed by atoms with Crippen LogP contribution in [0.15, 0.2) is 60.8 Å². The number of fused-ring (bicyclic) bond motifs is 3. The van der Waals surface area contributed by atoms with Crippen LogP contribution in [0, 0.1) is 0 Å². The summed E-state index contributed by atoms with van der Waals surface area (Å²) in [6.45, 7) is 0. The van der Waals surface area contributed by atoms with Crippen molar-refractivity contribution in [1.29, 1.82) is 0 Å². The molecule has 0 aliphatic heterocycles. The molecule has 2 aromatic carbocycles. The number of aromatic nitrogens is 2. The van der Waals surface area contributed by atoms with Gasteiger partial charge in [0.15, 0.2) is 0 Å². The monoisotopic (exact) mass is 274 g/mol. The minimum atomic E-state index is 0.861. The molecular weight excluding hydrogens is 260 g/mol. The van der Waals surface area contributed by atoms with Gasteiger partial charge in [0.25, 0.3) is 0 Å². The Bertz CT molecular complexity index is 923. The van der Waals surface area contributed by atoms with Gasteiger partial charge < -0.3 is 9.72 Å². The van der Waals surface area contributed by atoms with Gasteiger partial charge in [-0.05, 0) is 29.8 Å². The molecular formula is C18H14N2O. The van der Waals surface area contributed by atoms with E-state index < -0.39 is 0 Å². The molecule has 21 heavy (non-hydrogen) atoms. The van der Waals surface area contributed by atoms with E-state index in [0.717, 1.165) is 33.4 Å². The molecule has 4 rings (SSSR count). The van der Waals surface area contributed by atoms with E-state index in [1.54, 1.807) is 7.11 Å². The zero-order valence-electron chi connectivity index (χ0n) is 11.6. The first-order valence-electron chi connectivity index (χ1n) is 6.86. The number of para-hydroxylation sites is 1. The van der Waals surface area contributed by atoms with Crippen LogP contribution in [0.4, 0.5) is 0 Å². The number of rotatable bonds is 2. The largest absolute Gasteiger partial charge is 0.497 e. The molecule has 0 atom stereocenters. The number of H-pyrrole nitrogens is 1. The summed E-state index contributed by atoms with van der Waals surface area (Å²) in [4.78, 5) is 7.89. The van der Waals surface area contributed by atoms with Crippen LogP contribution in [0.25, 0.3) is 33.1 Å². The zero-order valence-corrected chi connectivity index (χ0v) is 11.6. The van der Waals surface area contributed by atoms with Crippen LogP contribution in [0.1, 0.15) is 0 Å². The molecule has 1 N–H and O–H groups in total. The normalized spacial score (nSPS) is 11.1. The van der Waals surface area contributed by atoms with Gasteiger partial charge in [-0.25, -0.2) is 4.98 Å². The lowest BCUT2D eigenvalue weighted by Crippen LogP contribution is -1.84. The van der Waals surface area contributed by atoms with Crippen LogP contribution in [0.3, 0.4) is 0 Å². The second-order valence-electron chi connectivity index (χ2n) is 5.02. The van der Waals surface area contributed by atoms with Crippen LogP contribution in [-0.4, -0.2) is 17.1 Å². The fourth-order valence-corrected chi connectivity index (χ4v) is 2.67. The maximum Gasteiger partial charge on any atom is 0.138 e. The van der Waals surface area contributed by atoms with Gasteiger partial charge in [0.2, 0.25) is 0 Å². The summed E-state index contributed by atoms with van der Waals surface area (Å²) in [5.41, 5.74) is 4.28. The Kier molecular flexibility index (Phi) is 2.64. The van der Waals surface area contributed by atoms with Gasteiger partial charge in [-0.15, -0.1) is 0 Å². The predicted octanol–water partition coefficient (Wildman–Crippen LogP) is 4.39. The minimum absolute atomic E-state index is 0.861. The van der Waals surface area contributed by atoms with Gasteiger partial charge in [0.05, 0.1) is 7.11 Å². The quantitative estimate of drug-likeness (QED) is 0.588. The van der Waals surface area contributed by atoms with Gasteiger partial charge in [0.1, 0.15) is 11.4 Å². The van der Waals surface area contributed by atoms with E-state index in [2.05, 4.69) is 46.4 Å². The number of ether oxygens (including phenoxy) is 1. The average Bonchev–Trinajstić information content (AvgIpc) is 2.93. The van der Waals surface area contributed by atoms with Gasteiger partial charge in [-0.3, -0.25) is 0 Å². The van der Waals surface area contributed by atoms with E-state index in [-0.39, 0.29) is 0 Å². The number of nitrogens with zero attached hydrogens (tertiary/aromatic N) is 1. The highest BCUT2D eigenvalue weighted by Gasteiger charge is 2.07. The van der Waals surface area contributed by atoms with Crippen molar-refractivity contribution in [2.24, 2.45) is 0 Å². The van der Waals surface area contributed by atoms with E-state index >= 15 is 0 Å². The number of methoxy groups -OCH3 is 1. The van der Waals surface area contributed by atoms with Gasteiger partial charge in [0, 0.05) is 28.0 Å². The Morgan fingerprint density at radius 3 is 2.52 bits per heavy atom. The predicted molar refractivity (Wildman–Crippen MR) is 85.6 cm³/mol. The van der Waals surface area contributed by atoms with E-state index in [4.69, 9.17) is 4.74 Å². The molecule has 0 saturated heterocycles. The lowest BCUT2D eigenvalue weighted by Gasteiger charge is -2.03. The number of benzene rings is 2. The van der Waals surface area contributed by atoms with Crippen molar-refractivity contribution in [1.82, 2.24) is 9.97 Å². The summed E-state index contributed by atoms with van der Waals surface area (Å²) in [5.74, 6) is 0.861. The smallest absolute Gasteiger partial charge is 0.138 e. The lowest BCUT2D eigenvalue weighted by atomic mass is 10.1. The van der Waals surface area contributed by atoms with E-state index in [9.17, 15) is 0 Å². The first-order chi connectivity index (χ1) is 10.3. The Morgan fingerprint density at radius 2 is 1.71 bits per heavy atom. The molecule has 102 valence electrons. The Balaban J connectivity index is 1.90. The molecule has 2 aromatic heterocycles. The summed E-state index contributed by atoms with van der Waals surface area (Å²) >= 11 is 0. The minimum Gasteiger partial charge on any atom is -0.497 e. The summed E-state index contributed by atoms with van der Waals surface area (Å²) < 4.78 is 5.20. The SMILES string of the molecule is COc1ccc(-c2cnc3[nH]c4ccccc4c3c2)cc1. The van der Waals surface area contributed by atoms with Crippen LogP contribution >= 0.6 is 0 Å². The third-order valence-corrected chi connectivity index (χ3v) is 3.78. The second kappa shape index (κ2) is 4.63. The van der Waals surface area contributed by atoms with Crippen molar-refractivity contribution in [3.8, 4) is 16.9 Å². The zero-order chi connectivity index (χ0) is 14.2. The molecule has 3 heteroatoms. The highest BCUT2D eigenvalue weighted by atomic mass is 16.5. The van der Waals surface area contributed by atoms with Crippen LogP contribution in [-0.2, 0) is 0 Å². The van der Waals surface area contributed by atoms with Gasteiger partial charge in [-0.2, -0.15) is 0 Å². The lowest BCUT2D eigenvalue weighted by molar-refractivity contribution is 0.415. The maximum atomic E-state index is 5.20. The number of pyridine rings is 1. The highest BCUT2D eigenvalue weighted by Crippen LogP contribution is 2.29. The highest BCUT2D eigenvalue weighted by molar-refractivity contribution is 6.06. The molecule has 2 heterocycles. The third-order valence-electron chi connectivity index (χ3n) is 3.78. The number of hydrogen-bond donors (Lipinski definition) is 1. The number of hydrogen-bond acceptors (Lipinski definition) is 2. The molecule has 0 radical (unpaired) electrons. The second-order valence-corrected chi connectivity index (χ2v) is 5.02. The van der Waals surface area contributed by atoms with E-state index in [0.29, 0.717) is 0 Å². The fourth-order valence-electron chi connectivity index (χ4n) is 2.67. The number of nitrogens with one attached hydrogen (secondary N) is 1. The molecule has 0 aliphatic carbocycles. The van der Waals surface area contributed by atoms with E-state index in [1.807, 2.05) is 24.4 Å². The summed E-state index contributed by atoms with van der Waals surface area (Å²) in [6, 6.07) is 18.5. The van der Waals surface area contributed by atoms with Crippen molar-refractivity contribution < 1.29 is 4.74 Å². The Hall–Kier alpha value is -2.81. The molecule has 4 aromatic rings. The summed E-state index contributed by atoms with van der Waals surface area (Å²) in [6.07, 6.45) is 1.90. The van der Waals surface area contributed by atoms with Crippen molar-refractivity contribution >= 4 is 21.9 Å². The third kappa shape index (κ3) is 1.94. The first kappa shape index (κ1) is 12.0. The number of aromatic amines is 1. The standard InChI is InChI=1S/C18H14N2O/c1-21-14-8-6-12(7-9-14)13-10-16-15-4-2-3-5-17(15)20-18(16)19-11-13/h2-11H,1H3,(H,19,20). The summed E-state index contributed by atoms with van der Waals surface area (Å²) in [5, 5.41) is 2.36. The molecule has 0 unspecified atom stereocenters. The Labute approximate surface area is 122 Å². The molecule has 0 aliphatic rings. The van der Waals surface area contributed by atoms with Crippen LogP contribution in [0.5, 0.6) is 5.75 Å². The summed E-state index contributed by atoms with van der Waals surface area (Å²) in [7, 11) is 1.68. The molecule has 0 bridgehead atoms. The molecule has 3 nitrogen and oxygen atoms in total. The van der Waals surface area contributed by atoms with Gasteiger partial charge >= 0.3 is 0 Å². The maximum absolute atomic E-state index is 5.20. The molecule has 0 saturated carbocycles. The van der Waals surface area contributed by atoms with Crippen molar-refractivity contribution in [3.63, 3.8) is 0 Å². The van der Waals surface area contributed by atoms with E-state index in [1.165, 1.54) is 5.39 Å². The topological polar surface area (TPSA) is 37.9 Å². The van der Waals surface area contributed by atoms with Crippen LogP contribution < -0.4 is 4.74 Å². The van der Waals surface area contributed by atoms with Crippen molar-refractivity contribution in [3.05, 3.63) is 60.8 Å². The molecule has 0 fully saturated rings. The Morgan fingerprint density at radius 1 is 0.905 bits per heavy atom. The van der Waals surface area contributed by atoms with Crippen LogP contribution in [0.2, 0.25) is 0 Å². The van der Waals surface area contributed by atoms with Crippen molar-refractivity contribution in [2.45, 2.75) is 0 Å². The van der Waals surface area contributed by atoms with Crippen molar-refractivity contribution in [2.75, 3.05) is 7.11 Å². The molecule has 0 spiro atoms. The average molecular weight is 274 g/mol. The first-order valence-corrected chi connectivity index (χ1v) is 6.86. The molecule has 0 amide bonds. The van der Waals surface area contributed by atoms with Gasteiger partial charge in [-0.1, -0.05) is 30.3 Å².